The second kappa shape index (κ2) is 8.77. The second-order valence-electron chi connectivity index (χ2n) is 5.32. The number of hydrogen-bond acceptors (Lipinski definition) is 5. The Balaban J connectivity index is 1.98. The van der Waals surface area contributed by atoms with Gasteiger partial charge in [0.2, 0.25) is 11.8 Å². The summed E-state index contributed by atoms with van der Waals surface area (Å²) in [6, 6.07) is 8.73. The number of methoxy groups -OCH3 is 2. The molecule has 0 radical (unpaired) electrons. The molecule has 0 aliphatic heterocycles. The summed E-state index contributed by atoms with van der Waals surface area (Å²) in [6.45, 7) is 2.04. The number of furan rings is 1. The Morgan fingerprint density at radius 3 is 2.52 bits per heavy atom. The van der Waals surface area contributed by atoms with Gasteiger partial charge >= 0.3 is 0 Å². The summed E-state index contributed by atoms with van der Waals surface area (Å²) in [5, 5.41) is 2.76. The molecule has 0 unspecified atom stereocenters. The van der Waals surface area contributed by atoms with Crippen LogP contribution < -0.4 is 19.7 Å². The number of carbonyl (C=O) groups is 2. The molecule has 7 heteroatoms. The number of ether oxygens (including phenoxy) is 2. The molecule has 0 saturated carbocycles. The minimum atomic E-state index is -0.164. The van der Waals surface area contributed by atoms with E-state index in [0.717, 1.165) is 0 Å². The molecule has 134 valence electrons. The number of rotatable bonds is 8. The van der Waals surface area contributed by atoms with E-state index in [1.807, 2.05) is 0 Å². The predicted molar refractivity (Wildman–Crippen MR) is 92.7 cm³/mol. The average Bonchev–Trinajstić information content (AvgIpc) is 3.13. The van der Waals surface area contributed by atoms with Crippen molar-refractivity contribution in [2.24, 2.45) is 0 Å². The molecule has 2 amide bonds. The van der Waals surface area contributed by atoms with Crippen LogP contribution in [-0.4, -0.2) is 32.6 Å². The summed E-state index contributed by atoms with van der Waals surface area (Å²) in [5.74, 6) is 1.45. The fraction of sp³-hybridized carbons (Fsp3) is 0.333. The quantitative estimate of drug-likeness (QED) is 0.793. The highest BCUT2D eigenvalue weighted by atomic mass is 16.5. The standard InChI is InChI=1S/C18H22N2O5/c1-13(21)20(14-6-7-16(23-2)17(11-14)24-3)9-8-18(22)19-12-15-5-4-10-25-15/h4-7,10-11H,8-9,12H2,1-3H3,(H,19,22). The number of amides is 2. The summed E-state index contributed by atoms with van der Waals surface area (Å²) in [4.78, 5) is 25.5. The number of benzene rings is 1. The Morgan fingerprint density at radius 2 is 1.92 bits per heavy atom. The van der Waals surface area contributed by atoms with E-state index in [1.54, 1.807) is 43.7 Å². The lowest BCUT2D eigenvalue weighted by Gasteiger charge is -2.22. The van der Waals surface area contributed by atoms with Crippen molar-refractivity contribution in [1.29, 1.82) is 0 Å². The SMILES string of the molecule is COc1ccc(N(CCC(=O)NCc2ccco2)C(C)=O)cc1OC. The van der Waals surface area contributed by atoms with Crippen molar-refractivity contribution >= 4 is 17.5 Å². The lowest BCUT2D eigenvalue weighted by atomic mass is 10.2. The van der Waals surface area contributed by atoms with Crippen molar-refractivity contribution < 1.29 is 23.5 Å². The molecule has 2 rings (SSSR count). The van der Waals surface area contributed by atoms with E-state index in [0.29, 0.717) is 29.5 Å². The van der Waals surface area contributed by atoms with E-state index in [9.17, 15) is 9.59 Å². The first-order valence-electron chi connectivity index (χ1n) is 7.84. The van der Waals surface area contributed by atoms with Crippen LogP contribution in [0, 0.1) is 0 Å². The van der Waals surface area contributed by atoms with Gasteiger partial charge in [0.15, 0.2) is 11.5 Å². The third kappa shape index (κ3) is 5.00. The molecule has 0 atom stereocenters. The van der Waals surface area contributed by atoms with Crippen LogP contribution in [0.4, 0.5) is 5.69 Å². The fourth-order valence-electron chi connectivity index (χ4n) is 2.36. The normalized spacial score (nSPS) is 10.2. The van der Waals surface area contributed by atoms with Crippen LogP contribution in [-0.2, 0) is 16.1 Å². The molecule has 2 aromatic rings. The maximum absolute atomic E-state index is 12.0. The predicted octanol–water partition coefficient (Wildman–Crippen LogP) is 2.36. The van der Waals surface area contributed by atoms with Crippen molar-refractivity contribution in [3.63, 3.8) is 0 Å². The van der Waals surface area contributed by atoms with E-state index >= 15 is 0 Å². The van der Waals surface area contributed by atoms with Crippen LogP contribution in [0.15, 0.2) is 41.0 Å². The highest BCUT2D eigenvalue weighted by Crippen LogP contribution is 2.31. The van der Waals surface area contributed by atoms with Gasteiger partial charge in [-0.15, -0.1) is 0 Å². The topological polar surface area (TPSA) is 81.0 Å². The number of nitrogens with zero attached hydrogens (tertiary/aromatic N) is 1. The van der Waals surface area contributed by atoms with E-state index in [1.165, 1.54) is 18.9 Å². The van der Waals surface area contributed by atoms with E-state index < -0.39 is 0 Å². The number of anilines is 1. The zero-order valence-corrected chi connectivity index (χ0v) is 14.6. The minimum absolute atomic E-state index is 0.161. The van der Waals surface area contributed by atoms with Crippen molar-refractivity contribution in [3.05, 3.63) is 42.4 Å². The van der Waals surface area contributed by atoms with Gasteiger partial charge in [-0.25, -0.2) is 0 Å². The zero-order chi connectivity index (χ0) is 18.2. The molecule has 0 aliphatic carbocycles. The van der Waals surface area contributed by atoms with Crippen LogP contribution in [0.2, 0.25) is 0 Å². The number of nitrogens with one attached hydrogen (secondary N) is 1. The van der Waals surface area contributed by atoms with Crippen molar-refractivity contribution in [3.8, 4) is 11.5 Å². The Bertz CT molecular complexity index is 712. The van der Waals surface area contributed by atoms with Gasteiger partial charge in [-0.2, -0.15) is 0 Å². The first-order chi connectivity index (χ1) is 12.0. The molecular formula is C18H22N2O5. The van der Waals surface area contributed by atoms with Crippen LogP contribution in [0.3, 0.4) is 0 Å². The third-order valence-electron chi connectivity index (χ3n) is 3.66. The molecule has 0 saturated heterocycles. The molecule has 7 nitrogen and oxygen atoms in total. The van der Waals surface area contributed by atoms with Gasteiger partial charge in [0.05, 0.1) is 27.0 Å². The van der Waals surface area contributed by atoms with Gasteiger partial charge in [-0.3, -0.25) is 9.59 Å². The molecule has 0 aliphatic rings. The first kappa shape index (κ1) is 18.4. The first-order valence-corrected chi connectivity index (χ1v) is 7.84. The molecular weight excluding hydrogens is 324 g/mol. The summed E-state index contributed by atoms with van der Waals surface area (Å²) >= 11 is 0. The summed E-state index contributed by atoms with van der Waals surface area (Å²) in [5.41, 5.74) is 0.643. The maximum atomic E-state index is 12.0. The molecule has 1 heterocycles. The highest BCUT2D eigenvalue weighted by Gasteiger charge is 2.16. The van der Waals surface area contributed by atoms with Gasteiger partial charge in [-0.05, 0) is 24.3 Å². The van der Waals surface area contributed by atoms with E-state index in [2.05, 4.69) is 5.32 Å². The highest BCUT2D eigenvalue weighted by molar-refractivity contribution is 5.92. The molecule has 1 aromatic carbocycles. The molecule has 1 N–H and O–H groups in total. The number of hydrogen-bond donors (Lipinski definition) is 1. The summed E-state index contributed by atoms with van der Waals surface area (Å²) in [6.07, 6.45) is 1.73. The van der Waals surface area contributed by atoms with Crippen LogP contribution >= 0.6 is 0 Å². The molecule has 0 bridgehead atoms. The lowest BCUT2D eigenvalue weighted by Crippen LogP contribution is -2.33. The van der Waals surface area contributed by atoms with Gasteiger partial charge in [-0.1, -0.05) is 0 Å². The van der Waals surface area contributed by atoms with Gasteiger partial charge in [0.25, 0.3) is 0 Å². The monoisotopic (exact) mass is 346 g/mol. The molecule has 0 fully saturated rings. The Labute approximate surface area is 146 Å². The average molecular weight is 346 g/mol. The van der Waals surface area contributed by atoms with Gasteiger partial charge < -0.3 is 24.1 Å². The van der Waals surface area contributed by atoms with Crippen LogP contribution in [0.1, 0.15) is 19.1 Å². The van der Waals surface area contributed by atoms with Gasteiger partial charge in [0.1, 0.15) is 5.76 Å². The van der Waals surface area contributed by atoms with Crippen molar-refractivity contribution in [2.75, 3.05) is 25.7 Å². The van der Waals surface area contributed by atoms with Gasteiger partial charge in [0, 0.05) is 31.6 Å². The smallest absolute Gasteiger partial charge is 0.223 e. The molecule has 1 aromatic heterocycles. The summed E-state index contributed by atoms with van der Waals surface area (Å²) in [7, 11) is 3.07. The third-order valence-corrected chi connectivity index (χ3v) is 3.66. The van der Waals surface area contributed by atoms with Crippen molar-refractivity contribution in [1.82, 2.24) is 5.32 Å². The lowest BCUT2D eigenvalue weighted by molar-refractivity contribution is -0.121. The summed E-state index contributed by atoms with van der Waals surface area (Å²) < 4.78 is 15.6. The van der Waals surface area contributed by atoms with Crippen LogP contribution in [0.5, 0.6) is 11.5 Å². The second-order valence-corrected chi connectivity index (χ2v) is 5.32. The van der Waals surface area contributed by atoms with Crippen molar-refractivity contribution in [2.45, 2.75) is 19.9 Å². The van der Waals surface area contributed by atoms with E-state index in [-0.39, 0.29) is 24.8 Å². The Kier molecular flexibility index (Phi) is 6.45. The van der Waals surface area contributed by atoms with Crippen LogP contribution in [0.25, 0.3) is 0 Å². The van der Waals surface area contributed by atoms with E-state index in [4.69, 9.17) is 13.9 Å². The Hall–Kier alpha value is -2.96. The number of carbonyl (C=O) groups excluding carboxylic acids is 2. The molecule has 0 spiro atoms. The fourth-order valence-corrected chi connectivity index (χ4v) is 2.36. The molecule has 25 heavy (non-hydrogen) atoms. The minimum Gasteiger partial charge on any atom is -0.493 e. The Morgan fingerprint density at radius 1 is 1.16 bits per heavy atom. The largest absolute Gasteiger partial charge is 0.493 e. The maximum Gasteiger partial charge on any atom is 0.223 e. The zero-order valence-electron chi connectivity index (χ0n) is 14.6.